The summed E-state index contributed by atoms with van der Waals surface area (Å²) in [6.45, 7) is 9.73. The van der Waals surface area contributed by atoms with Gasteiger partial charge >= 0.3 is 5.97 Å². The van der Waals surface area contributed by atoms with Crippen molar-refractivity contribution in [3.05, 3.63) is 23.3 Å². The monoisotopic (exact) mass is 333 g/mol. The Kier molecular flexibility index (Phi) is 4.86. The maximum Gasteiger partial charge on any atom is 0.326 e. The Bertz CT molecular complexity index is 776. The largest absolute Gasteiger partial charge is 0.480 e. The van der Waals surface area contributed by atoms with Gasteiger partial charge in [-0.1, -0.05) is 20.8 Å². The second kappa shape index (κ2) is 6.54. The molecular formula is C16H23N5O3. The fourth-order valence-electron chi connectivity index (χ4n) is 2.32. The van der Waals surface area contributed by atoms with Crippen molar-refractivity contribution < 1.29 is 14.7 Å². The molecule has 0 spiro atoms. The van der Waals surface area contributed by atoms with E-state index in [4.69, 9.17) is 0 Å². The Labute approximate surface area is 140 Å². The average molecular weight is 333 g/mol. The normalized spacial score (nSPS) is 13.0. The summed E-state index contributed by atoms with van der Waals surface area (Å²) in [7, 11) is 0. The van der Waals surface area contributed by atoms with Crippen LogP contribution in [0, 0.1) is 19.3 Å². The van der Waals surface area contributed by atoms with Crippen molar-refractivity contribution in [2.75, 3.05) is 0 Å². The lowest BCUT2D eigenvalue weighted by Crippen LogP contribution is -2.41. The molecule has 0 fully saturated rings. The molecule has 2 N–H and O–H groups in total. The summed E-state index contributed by atoms with van der Waals surface area (Å²) in [4.78, 5) is 32.0. The van der Waals surface area contributed by atoms with Crippen LogP contribution in [0.5, 0.6) is 0 Å². The van der Waals surface area contributed by atoms with E-state index in [-0.39, 0.29) is 11.2 Å². The van der Waals surface area contributed by atoms with Gasteiger partial charge in [-0.05, 0) is 38.2 Å². The fourth-order valence-corrected chi connectivity index (χ4v) is 2.32. The molecule has 1 amide bonds. The zero-order valence-corrected chi connectivity index (χ0v) is 14.6. The van der Waals surface area contributed by atoms with Crippen LogP contribution in [-0.2, 0) is 4.79 Å². The van der Waals surface area contributed by atoms with Crippen LogP contribution < -0.4 is 5.32 Å². The number of amides is 1. The lowest BCUT2D eigenvalue weighted by atomic mass is 9.88. The van der Waals surface area contributed by atoms with Crippen molar-refractivity contribution in [1.29, 1.82) is 0 Å². The Morgan fingerprint density at radius 2 is 1.96 bits per heavy atom. The third kappa shape index (κ3) is 4.27. The van der Waals surface area contributed by atoms with Crippen LogP contribution in [0.15, 0.2) is 6.07 Å². The van der Waals surface area contributed by atoms with E-state index in [1.807, 2.05) is 40.7 Å². The quantitative estimate of drug-likeness (QED) is 0.862. The Hall–Kier alpha value is -2.51. The molecule has 0 saturated heterocycles. The minimum Gasteiger partial charge on any atom is -0.480 e. The number of carbonyl (C=O) groups excluding carboxylic acids is 1. The van der Waals surface area contributed by atoms with Gasteiger partial charge < -0.3 is 10.4 Å². The number of hydrogen-bond donors (Lipinski definition) is 2. The Balaban J connectivity index is 2.18. The van der Waals surface area contributed by atoms with Crippen LogP contribution in [-0.4, -0.2) is 42.6 Å². The van der Waals surface area contributed by atoms with E-state index in [0.29, 0.717) is 18.6 Å². The van der Waals surface area contributed by atoms with E-state index in [1.54, 1.807) is 0 Å². The number of fused-ring (bicyclic) bond motifs is 1. The van der Waals surface area contributed by atoms with Gasteiger partial charge in [-0.3, -0.25) is 4.79 Å². The van der Waals surface area contributed by atoms with Crippen molar-refractivity contribution in [1.82, 2.24) is 24.9 Å². The molecule has 1 unspecified atom stereocenters. The van der Waals surface area contributed by atoms with Crippen molar-refractivity contribution in [3.8, 4) is 0 Å². The van der Waals surface area contributed by atoms with E-state index in [0.717, 1.165) is 11.4 Å². The van der Waals surface area contributed by atoms with E-state index in [9.17, 15) is 14.7 Å². The van der Waals surface area contributed by atoms with Crippen molar-refractivity contribution >= 4 is 17.7 Å². The molecule has 0 radical (unpaired) electrons. The Morgan fingerprint density at radius 1 is 1.29 bits per heavy atom. The first-order valence-corrected chi connectivity index (χ1v) is 7.81. The third-order valence-corrected chi connectivity index (χ3v) is 3.61. The molecule has 8 heteroatoms. The summed E-state index contributed by atoms with van der Waals surface area (Å²) in [5.74, 6) is -1.45. The average Bonchev–Trinajstić information content (AvgIpc) is 2.86. The zero-order valence-electron chi connectivity index (χ0n) is 14.6. The molecular weight excluding hydrogens is 310 g/mol. The van der Waals surface area contributed by atoms with Gasteiger partial charge in [-0.2, -0.15) is 4.98 Å². The number of hydrogen-bond acceptors (Lipinski definition) is 5. The summed E-state index contributed by atoms with van der Waals surface area (Å²) in [6.07, 6.45) is 1.01. The van der Waals surface area contributed by atoms with Crippen molar-refractivity contribution in [2.24, 2.45) is 5.41 Å². The first kappa shape index (κ1) is 17.8. The number of rotatable bonds is 5. The number of aryl methyl sites for hydroxylation is 2. The van der Waals surface area contributed by atoms with Crippen molar-refractivity contribution in [2.45, 2.75) is 53.5 Å². The molecule has 0 aliphatic heterocycles. The van der Waals surface area contributed by atoms with Gasteiger partial charge in [0.2, 0.25) is 5.82 Å². The highest BCUT2D eigenvalue weighted by Gasteiger charge is 2.25. The number of aliphatic carboxylic acids is 1. The van der Waals surface area contributed by atoms with Crippen molar-refractivity contribution in [3.63, 3.8) is 0 Å². The van der Waals surface area contributed by atoms with Crippen LogP contribution in [0.3, 0.4) is 0 Å². The lowest BCUT2D eigenvalue weighted by molar-refractivity contribution is -0.139. The molecule has 0 saturated carbocycles. The van der Waals surface area contributed by atoms with Gasteiger partial charge in [0, 0.05) is 11.4 Å². The summed E-state index contributed by atoms with van der Waals surface area (Å²) >= 11 is 0. The van der Waals surface area contributed by atoms with E-state index < -0.39 is 17.9 Å². The van der Waals surface area contributed by atoms with Crippen LogP contribution in [0.25, 0.3) is 5.78 Å². The Morgan fingerprint density at radius 3 is 2.54 bits per heavy atom. The molecule has 0 bridgehead atoms. The minimum atomic E-state index is -1.07. The van der Waals surface area contributed by atoms with Crippen LogP contribution in [0.4, 0.5) is 0 Å². The minimum absolute atomic E-state index is 0.0155. The molecule has 130 valence electrons. The molecule has 2 heterocycles. The predicted molar refractivity (Wildman–Crippen MR) is 87.8 cm³/mol. The summed E-state index contributed by atoms with van der Waals surface area (Å²) in [6, 6.07) is 0.853. The number of carbonyl (C=O) groups is 2. The smallest absolute Gasteiger partial charge is 0.326 e. The van der Waals surface area contributed by atoms with Crippen LogP contribution in [0.1, 0.15) is 55.6 Å². The fraction of sp³-hybridized carbons (Fsp3) is 0.562. The van der Waals surface area contributed by atoms with Gasteiger partial charge in [-0.25, -0.2) is 14.3 Å². The highest BCUT2D eigenvalue weighted by atomic mass is 16.4. The number of carboxylic acid groups (broad SMARTS) is 1. The molecule has 2 aromatic heterocycles. The number of aromatic nitrogens is 4. The highest BCUT2D eigenvalue weighted by molar-refractivity contribution is 5.93. The SMILES string of the molecule is Cc1cc(C)n2nc(C(=O)NC(CCC(C)(C)C)C(=O)O)nc2n1. The maximum absolute atomic E-state index is 12.3. The third-order valence-electron chi connectivity index (χ3n) is 3.61. The topological polar surface area (TPSA) is 109 Å². The van der Waals surface area contributed by atoms with E-state index >= 15 is 0 Å². The molecule has 2 rings (SSSR count). The number of nitrogens with zero attached hydrogens (tertiary/aromatic N) is 4. The predicted octanol–water partition coefficient (Wildman–Crippen LogP) is 1.75. The van der Waals surface area contributed by atoms with Crippen LogP contribution in [0.2, 0.25) is 0 Å². The molecule has 0 aliphatic carbocycles. The van der Waals surface area contributed by atoms with Crippen LogP contribution >= 0.6 is 0 Å². The second-order valence-corrected chi connectivity index (χ2v) is 7.15. The first-order chi connectivity index (χ1) is 11.1. The molecule has 0 aromatic carbocycles. The zero-order chi connectivity index (χ0) is 18.1. The lowest BCUT2D eigenvalue weighted by Gasteiger charge is -2.21. The standard InChI is InChI=1S/C16H23N5O3/c1-9-8-10(2)21-15(17-9)19-12(20-21)13(22)18-11(14(23)24)6-7-16(3,4)5/h8,11H,6-7H2,1-5H3,(H,18,22)(H,23,24). The van der Waals surface area contributed by atoms with Gasteiger partial charge in [0.1, 0.15) is 6.04 Å². The van der Waals surface area contributed by atoms with Gasteiger partial charge in [0.05, 0.1) is 0 Å². The van der Waals surface area contributed by atoms with Gasteiger partial charge in [0.25, 0.3) is 11.7 Å². The maximum atomic E-state index is 12.3. The molecule has 0 aliphatic rings. The van der Waals surface area contributed by atoms with Gasteiger partial charge in [-0.15, -0.1) is 5.10 Å². The van der Waals surface area contributed by atoms with E-state index in [1.165, 1.54) is 4.52 Å². The molecule has 2 aromatic rings. The number of carboxylic acids is 1. The molecule has 1 atom stereocenters. The summed E-state index contributed by atoms with van der Waals surface area (Å²) in [5.41, 5.74) is 1.55. The highest BCUT2D eigenvalue weighted by Crippen LogP contribution is 2.21. The second-order valence-electron chi connectivity index (χ2n) is 7.15. The summed E-state index contributed by atoms with van der Waals surface area (Å²) < 4.78 is 1.47. The molecule has 24 heavy (non-hydrogen) atoms. The van der Waals surface area contributed by atoms with E-state index in [2.05, 4.69) is 20.4 Å². The molecule has 8 nitrogen and oxygen atoms in total. The number of nitrogens with one attached hydrogen (secondary N) is 1. The summed E-state index contributed by atoms with van der Waals surface area (Å²) in [5, 5.41) is 15.9. The van der Waals surface area contributed by atoms with Gasteiger partial charge in [0.15, 0.2) is 0 Å². The first-order valence-electron chi connectivity index (χ1n) is 7.81.